The van der Waals surface area contributed by atoms with Crippen LogP contribution in [0.15, 0.2) is 12.1 Å². The van der Waals surface area contributed by atoms with Gasteiger partial charge in [0.15, 0.2) is 5.88 Å². The normalized spacial score (nSPS) is 11.1. The zero-order chi connectivity index (χ0) is 7.11. The highest BCUT2D eigenvalue weighted by Crippen LogP contribution is 1.86. The Morgan fingerprint density at radius 2 is 2.44 bits per heavy atom. The third-order valence-corrected chi connectivity index (χ3v) is 0.759. The summed E-state index contributed by atoms with van der Waals surface area (Å²) in [6, 6.07) is 0. The Hall–Kier alpha value is -0.860. The molecule has 0 aliphatic rings. The van der Waals surface area contributed by atoms with E-state index in [0.29, 0.717) is 12.5 Å². The first-order valence-corrected chi connectivity index (χ1v) is 3.07. The molecule has 0 radical (unpaired) electrons. The van der Waals surface area contributed by atoms with E-state index in [-0.39, 0.29) is 0 Å². The lowest BCUT2D eigenvalue weighted by Crippen LogP contribution is -2.08. The molecule has 0 saturated heterocycles. The molecular formula is C6H14N2O. The second-order valence-corrected chi connectivity index (χ2v) is 1.68. The lowest BCUT2D eigenvalue weighted by molar-refractivity contribution is 0.208. The average Bonchev–Trinajstić information content (AvgIpc) is 1.85. The first-order chi connectivity index (χ1) is 4.31. The van der Waals surface area contributed by atoms with Crippen molar-refractivity contribution in [2.24, 2.45) is 5.73 Å². The lowest BCUT2D eigenvalue weighted by atomic mass is 10.5. The van der Waals surface area contributed by atoms with Gasteiger partial charge >= 0.3 is 0 Å². The van der Waals surface area contributed by atoms with Crippen LogP contribution in [-0.4, -0.2) is 13.7 Å². The summed E-state index contributed by atoms with van der Waals surface area (Å²) >= 11 is 0. The second kappa shape index (κ2) is 5.28. The molecule has 0 aromatic heterocycles. The van der Waals surface area contributed by atoms with Crippen LogP contribution in [0.3, 0.4) is 0 Å². The van der Waals surface area contributed by atoms with Crippen molar-refractivity contribution in [1.82, 2.24) is 5.32 Å². The maximum Gasteiger partial charge on any atom is 0.200 e. The van der Waals surface area contributed by atoms with E-state index in [9.17, 15) is 0 Å². The van der Waals surface area contributed by atoms with Crippen molar-refractivity contribution in [2.45, 2.75) is 13.3 Å². The Kier molecular flexibility index (Phi) is 4.78. The molecule has 0 fully saturated rings. The Balaban J connectivity index is 3.25. The summed E-state index contributed by atoms with van der Waals surface area (Å²) in [5.41, 5.74) is 5.35. The molecule has 0 rings (SSSR count). The van der Waals surface area contributed by atoms with Gasteiger partial charge in [0.1, 0.15) is 0 Å². The topological polar surface area (TPSA) is 47.3 Å². The van der Waals surface area contributed by atoms with Crippen molar-refractivity contribution in [3.8, 4) is 0 Å². The van der Waals surface area contributed by atoms with Gasteiger partial charge in [-0.2, -0.15) is 0 Å². The molecule has 0 aromatic carbocycles. The van der Waals surface area contributed by atoms with Crippen LogP contribution in [-0.2, 0) is 4.74 Å². The zero-order valence-corrected chi connectivity index (χ0v) is 5.98. The number of ether oxygens (including phenoxy) is 1. The summed E-state index contributed by atoms with van der Waals surface area (Å²) in [6.07, 6.45) is 2.61. The Labute approximate surface area is 55.9 Å². The predicted octanol–water partition coefficient (Wildman–Crippen LogP) is 0.390. The first-order valence-electron chi connectivity index (χ1n) is 3.07. The molecule has 0 saturated carbocycles. The fourth-order valence-electron chi connectivity index (χ4n) is 0.404. The van der Waals surface area contributed by atoms with E-state index in [1.165, 1.54) is 0 Å². The summed E-state index contributed by atoms with van der Waals surface area (Å²) in [5.74, 6) is 0.444. The molecule has 0 spiro atoms. The van der Waals surface area contributed by atoms with E-state index in [4.69, 9.17) is 10.5 Å². The predicted molar refractivity (Wildman–Crippen MR) is 37.6 cm³/mol. The van der Waals surface area contributed by atoms with Crippen LogP contribution < -0.4 is 11.1 Å². The SMILES string of the molecule is CCCO/C(N)=C/NC. The van der Waals surface area contributed by atoms with Crippen LogP contribution >= 0.6 is 0 Å². The fraction of sp³-hybridized carbons (Fsp3) is 0.667. The molecule has 0 amide bonds. The molecule has 3 heteroatoms. The zero-order valence-electron chi connectivity index (χ0n) is 5.98. The molecule has 0 unspecified atom stereocenters. The monoisotopic (exact) mass is 130 g/mol. The van der Waals surface area contributed by atoms with Crippen LogP contribution in [0.2, 0.25) is 0 Å². The van der Waals surface area contributed by atoms with E-state index in [2.05, 4.69) is 5.32 Å². The van der Waals surface area contributed by atoms with Gasteiger partial charge in [-0.3, -0.25) is 0 Å². The van der Waals surface area contributed by atoms with Crippen LogP contribution in [0.25, 0.3) is 0 Å². The summed E-state index contributed by atoms with van der Waals surface area (Å²) < 4.78 is 5.01. The van der Waals surface area contributed by atoms with Gasteiger partial charge in [-0.15, -0.1) is 0 Å². The molecule has 54 valence electrons. The van der Waals surface area contributed by atoms with E-state index < -0.39 is 0 Å². The number of rotatable bonds is 4. The molecule has 9 heavy (non-hydrogen) atoms. The Morgan fingerprint density at radius 3 is 2.89 bits per heavy atom. The summed E-state index contributed by atoms with van der Waals surface area (Å²) in [6.45, 7) is 2.72. The minimum atomic E-state index is 0.444. The fourth-order valence-corrected chi connectivity index (χ4v) is 0.404. The Morgan fingerprint density at radius 1 is 1.78 bits per heavy atom. The molecule has 0 aliphatic carbocycles. The van der Waals surface area contributed by atoms with Crippen LogP contribution in [0.4, 0.5) is 0 Å². The van der Waals surface area contributed by atoms with E-state index in [1.807, 2.05) is 6.92 Å². The minimum absolute atomic E-state index is 0.444. The van der Waals surface area contributed by atoms with Gasteiger partial charge in [0, 0.05) is 7.05 Å². The average molecular weight is 130 g/mol. The van der Waals surface area contributed by atoms with Crippen molar-refractivity contribution in [2.75, 3.05) is 13.7 Å². The van der Waals surface area contributed by atoms with Crippen LogP contribution in [0.5, 0.6) is 0 Å². The molecule has 0 aromatic rings. The van der Waals surface area contributed by atoms with Crippen molar-refractivity contribution < 1.29 is 4.74 Å². The van der Waals surface area contributed by atoms with E-state index in [0.717, 1.165) is 6.42 Å². The molecule has 0 atom stereocenters. The summed E-state index contributed by atoms with van der Waals surface area (Å²) in [5, 5.41) is 2.76. The maximum absolute atomic E-state index is 5.35. The number of hydrogen-bond donors (Lipinski definition) is 2. The van der Waals surface area contributed by atoms with Gasteiger partial charge in [-0.1, -0.05) is 6.92 Å². The van der Waals surface area contributed by atoms with Gasteiger partial charge in [0.2, 0.25) is 0 Å². The molecular weight excluding hydrogens is 116 g/mol. The lowest BCUT2D eigenvalue weighted by Gasteiger charge is -2.02. The molecule has 3 N–H and O–H groups in total. The summed E-state index contributed by atoms with van der Waals surface area (Å²) in [7, 11) is 1.78. The van der Waals surface area contributed by atoms with Gasteiger partial charge < -0.3 is 15.8 Å². The highest BCUT2D eigenvalue weighted by Gasteiger charge is 1.84. The number of nitrogens with one attached hydrogen (secondary N) is 1. The van der Waals surface area contributed by atoms with Gasteiger partial charge in [0.25, 0.3) is 0 Å². The van der Waals surface area contributed by atoms with E-state index in [1.54, 1.807) is 13.2 Å². The van der Waals surface area contributed by atoms with Gasteiger partial charge in [-0.25, -0.2) is 0 Å². The molecule has 0 bridgehead atoms. The van der Waals surface area contributed by atoms with Gasteiger partial charge in [0.05, 0.1) is 12.8 Å². The largest absolute Gasteiger partial charge is 0.478 e. The van der Waals surface area contributed by atoms with Gasteiger partial charge in [-0.05, 0) is 6.42 Å². The minimum Gasteiger partial charge on any atom is -0.478 e. The van der Waals surface area contributed by atoms with E-state index >= 15 is 0 Å². The van der Waals surface area contributed by atoms with Crippen LogP contribution in [0, 0.1) is 0 Å². The van der Waals surface area contributed by atoms with Crippen molar-refractivity contribution in [3.63, 3.8) is 0 Å². The highest BCUT2D eigenvalue weighted by atomic mass is 16.5. The van der Waals surface area contributed by atoms with Crippen molar-refractivity contribution in [1.29, 1.82) is 0 Å². The number of nitrogens with two attached hydrogens (primary N) is 1. The third-order valence-electron chi connectivity index (χ3n) is 0.759. The maximum atomic E-state index is 5.35. The first kappa shape index (κ1) is 8.14. The standard InChI is InChI=1S/C6H14N2O/c1-3-4-9-6(7)5-8-2/h5,8H,3-4,7H2,1-2H3/b6-5+. The smallest absolute Gasteiger partial charge is 0.200 e. The van der Waals surface area contributed by atoms with Crippen LogP contribution in [0.1, 0.15) is 13.3 Å². The Bertz CT molecular complexity index is 91.1. The third kappa shape index (κ3) is 5.00. The quantitative estimate of drug-likeness (QED) is 0.541. The molecule has 0 heterocycles. The highest BCUT2D eigenvalue weighted by molar-refractivity contribution is 4.82. The molecule has 0 aliphatic heterocycles. The second-order valence-electron chi connectivity index (χ2n) is 1.68. The van der Waals surface area contributed by atoms with Crippen molar-refractivity contribution >= 4 is 0 Å². The van der Waals surface area contributed by atoms with Crippen molar-refractivity contribution in [3.05, 3.63) is 12.1 Å². The molecule has 3 nitrogen and oxygen atoms in total. The number of hydrogen-bond acceptors (Lipinski definition) is 3. The summed E-state index contributed by atoms with van der Waals surface area (Å²) in [4.78, 5) is 0.